The molecule has 2 atom stereocenters. The molecule has 2 unspecified atom stereocenters. The molecule has 0 aromatic rings. The molecule has 17 heavy (non-hydrogen) atoms. The first-order valence-electron chi connectivity index (χ1n) is 6.87. The van der Waals surface area contributed by atoms with Crippen molar-refractivity contribution in [2.45, 2.75) is 52.0 Å². The molecule has 0 saturated heterocycles. The van der Waals surface area contributed by atoms with Gasteiger partial charge in [0.25, 0.3) is 0 Å². The molecule has 0 heterocycles. The molecular formula is C14H27NO2. The van der Waals surface area contributed by atoms with E-state index in [-0.39, 0.29) is 17.9 Å². The summed E-state index contributed by atoms with van der Waals surface area (Å²) >= 11 is 0. The Balaban J connectivity index is 2.76. The molecule has 0 amide bonds. The second-order valence-corrected chi connectivity index (χ2v) is 5.51. The minimum absolute atomic E-state index is 0.0203. The van der Waals surface area contributed by atoms with Gasteiger partial charge in [0.05, 0.1) is 13.0 Å². The summed E-state index contributed by atoms with van der Waals surface area (Å²) in [6.07, 6.45) is 6.43. The summed E-state index contributed by atoms with van der Waals surface area (Å²) in [5.74, 6) is 0.861. The van der Waals surface area contributed by atoms with E-state index in [0.717, 1.165) is 0 Å². The summed E-state index contributed by atoms with van der Waals surface area (Å²) in [5, 5.41) is 3.37. The van der Waals surface area contributed by atoms with Crippen molar-refractivity contribution in [3.8, 4) is 0 Å². The molecule has 0 spiro atoms. The van der Waals surface area contributed by atoms with Crippen LogP contribution in [-0.2, 0) is 9.53 Å². The van der Waals surface area contributed by atoms with Crippen molar-refractivity contribution in [2.75, 3.05) is 14.2 Å². The first kappa shape index (κ1) is 14.5. The summed E-state index contributed by atoms with van der Waals surface area (Å²) in [7, 11) is 3.46. The molecule has 1 aliphatic carbocycles. The smallest absolute Gasteiger partial charge is 0.310 e. The molecule has 0 radical (unpaired) electrons. The maximum atomic E-state index is 11.9. The summed E-state index contributed by atoms with van der Waals surface area (Å²) < 4.78 is 4.97. The minimum atomic E-state index is -0.0649. The third-order valence-corrected chi connectivity index (χ3v) is 4.07. The SMILES string of the molecule is CNC(C1CCCCC1)C(C(=O)OC)C(C)C. The number of rotatable bonds is 5. The van der Waals surface area contributed by atoms with Crippen molar-refractivity contribution in [1.29, 1.82) is 0 Å². The van der Waals surface area contributed by atoms with Gasteiger partial charge in [-0.3, -0.25) is 4.79 Å². The van der Waals surface area contributed by atoms with Crippen LogP contribution in [0.1, 0.15) is 46.0 Å². The zero-order chi connectivity index (χ0) is 12.8. The number of nitrogens with one attached hydrogen (secondary N) is 1. The van der Waals surface area contributed by atoms with E-state index in [0.29, 0.717) is 11.8 Å². The number of esters is 1. The van der Waals surface area contributed by atoms with Gasteiger partial charge >= 0.3 is 5.97 Å². The van der Waals surface area contributed by atoms with Gasteiger partial charge in [-0.1, -0.05) is 33.1 Å². The van der Waals surface area contributed by atoms with Crippen LogP contribution >= 0.6 is 0 Å². The van der Waals surface area contributed by atoms with E-state index >= 15 is 0 Å². The van der Waals surface area contributed by atoms with E-state index in [9.17, 15) is 4.79 Å². The fourth-order valence-corrected chi connectivity index (χ4v) is 3.17. The van der Waals surface area contributed by atoms with Gasteiger partial charge < -0.3 is 10.1 Å². The van der Waals surface area contributed by atoms with Gasteiger partial charge in [-0.05, 0) is 31.7 Å². The molecule has 1 saturated carbocycles. The lowest BCUT2D eigenvalue weighted by Gasteiger charge is -2.36. The lowest BCUT2D eigenvalue weighted by molar-refractivity contribution is -0.149. The van der Waals surface area contributed by atoms with Crippen LogP contribution in [0.4, 0.5) is 0 Å². The van der Waals surface area contributed by atoms with Crippen LogP contribution in [0.2, 0.25) is 0 Å². The van der Waals surface area contributed by atoms with Gasteiger partial charge in [0, 0.05) is 6.04 Å². The predicted octanol–water partition coefficient (Wildman–Crippen LogP) is 2.60. The number of carbonyl (C=O) groups is 1. The van der Waals surface area contributed by atoms with Crippen LogP contribution in [0.3, 0.4) is 0 Å². The highest BCUT2D eigenvalue weighted by Gasteiger charge is 2.36. The molecule has 1 fully saturated rings. The maximum absolute atomic E-state index is 11.9. The van der Waals surface area contributed by atoms with Gasteiger partial charge in [0.1, 0.15) is 0 Å². The average Bonchev–Trinajstić information content (AvgIpc) is 2.35. The van der Waals surface area contributed by atoms with Gasteiger partial charge in [-0.25, -0.2) is 0 Å². The van der Waals surface area contributed by atoms with E-state index in [1.807, 2.05) is 7.05 Å². The molecule has 0 aromatic heterocycles. The van der Waals surface area contributed by atoms with E-state index < -0.39 is 0 Å². The van der Waals surface area contributed by atoms with Gasteiger partial charge in [0.2, 0.25) is 0 Å². The lowest BCUT2D eigenvalue weighted by atomic mass is 9.75. The number of hydrogen-bond donors (Lipinski definition) is 1. The van der Waals surface area contributed by atoms with Crippen molar-refractivity contribution < 1.29 is 9.53 Å². The third-order valence-electron chi connectivity index (χ3n) is 4.07. The lowest BCUT2D eigenvalue weighted by Crippen LogP contribution is -2.47. The highest BCUT2D eigenvalue weighted by Crippen LogP contribution is 2.32. The van der Waals surface area contributed by atoms with E-state index in [2.05, 4.69) is 19.2 Å². The summed E-state index contributed by atoms with van der Waals surface area (Å²) in [5.41, 5.74) is 0. The Morgan fingerprint density at radius 3 is 2.24 bits per heavy atom. The Hall–Kier alpha value is -0.570. The molecule has 3 heteroatoms. The normalized spacial score (nSPS) is 21.2. The molecular weight excluding hydrogens is 214 g/mol. The molecule has 100 valence electrons. The van der Waals surface area contributed by atoms with E-state index in [1.54, 1.807) is 0 Å². The van der Waals surface area contributed by atoms with Crippen molar-refractivity contribution in [1.82, 2.24) is 5.32 Å². The molecule has 0 aromatic carbocycles. The van der Waals surface area contributed by atoms with E-state index in [4.69, 9.17) is 4.74 Å². The van der Waals surface area contributed by atoms with Crippen LogP contribution in [0, 0.1) is 17.8 Å². The molecule has 0 aliphatic heterocycles. The minimum Gasteiger partial charge on any atom is -0.469 e. The van der Waals surface area contributed by atoms with Gasteiger partial charge in [0.15, 0.2) is 0 Å². The second kappa shape index (κ2) is 7.00. The Kier molecular flexibility index (Phi) is 5.96. The topological polar surface area (TPSA) is 38.3 Å². The molecule has 1 aliphatic rings. The monoisotopic (exact) mass is 241 g/mol. The fraction of sp³-hybridized carbons (Fsp3) is 0.929. The van der Waals surface area contributed by atoms with Crippen LogP contribution in [-0.4, -0.2) is 26.2 Å². The largest absolute Gasteiger partial charge is 0.469 e. The van der Waals surface area contributed by atoms with Crippen LogP contribution in [0.15, 0.2) is 0 Å². The zero-order valence-electron chi connectivity index (χ0n) is 11.7. The predicted molar refractivity (Wildman–Crippen MR) is 69.8 cm³/mol. The maximum Gasteiger partial charge on any atom is 0.310 e. The summed E-state index contributed by atoms with van der Waals surface area (Å²) in [6, 6.07) is 0.266. The summed E-state index contributed by atoms with van der Waals surface area (Å²) in [6.45, 7) is 4.21. The Bertz CT molecular complexity index is 234. The number of ether oxygens (including phenoxy) is 1. The Morgan fingerprint density at radius 2 is 1.82 bits per heavy atom. The zero-order valence-corrected chi connectivity index (χ0v) is 11.7. The first-order chi connectivity index (χ1) is 8.11. The molecule has 0 bridgehead atoms. The Morgan fingerprint density at radius 1 is 1.24 bits per heavy atom. The summed E-state index contributed by atoms with van der Waals surface area (Å²) in [4.78, 5) is 11.9. The number of methoxy groups -OCH3 is 1. The number of carbonyl (C=O) groups excluding carboxylic acids is 1. The van der Waals surface area contributed by atoms with Crippen LogP contribution < -0.4 is 5.32 Å². The molecule has 1 N–H and O–H groups in total. The van der Waals surface area contributed by atoms with Crippen LogP contribution in [0.25, 0.3) is 0 Å². The van der Waals surface area contributed by atoms with Crippen molar-refractivity contribution >= 4 is 5.97 Å². The van der Waals surface area contributed by atoms with Crippen LogP contribution in [0.5, 0.6) is 0 Å². The highest BCUT2D eigenvalue weighted by atomic mass is 16.5. The second-order valence-electron chi connectivity index (χ2n) is 5.51. The van der Waals surface area contributed by atoms with Crippen molar-refractivity contribution in [3.63, 3.8) is 0 Å². The molecule has 1 rings (SSSR count). The van der Waals surface area contributed by atoms with E-state index in [1.165, 1.54) is 39.2 Å². The number of hydrogen-bond acceptors (Lipinski definition) is 3. The van der Waals surface area contributed by atoms with Gasteiger partial charge in [-0.15, -0.1) is 0 Å². The highest BCUT2D eigenvalue weighted by molar-refractivity contribution is 5.73. The molecule has 3 nitrogen and oxygen atoms in total. The fourth-order valence-electron chi connectivity index (χ4n) is 3.17. The van der Waals surface area contributed by atoms with Gasteiger partial charge in [-0.2, -0.15) is 0 Å². The quantitative estimate of drug-likeness (QED) is 0.752. The Labute approximate surface area is 105 Å². The average molecular weight is 241 g/mol. The van der Waals surface area contributed by atoms with Crippen molar-refractivity contribution in [2.24, 2.45) is 17.8 Å². The third kappa shape index (κ3) is 3.70. The standard InChI is InChI=1S/C14H27NO2/c1-10(2)12(14(16)17-4)13(15-3)11-8-6-5-7-9-11/h10-13,15H,5-9H2,1-4H3. The van der Waals surface area contributed by atoms with Crippen molar-refractivity contribution in [3.05, 3.63) is 0 Å². The first-order valence-corrected chi connectivity index (χ1v) is 6.87.